The van der Waals surface area contributed by atoms with Crippen LogP contribution in [0.4, 0.5) is 5.13 Å². The Balaban J connectivity index is 1.58. The molecular formula is C20H16N4OS. The summed E-state index contributed by atoms with van der Waals surface area (Å²) >= 11 is 1.39. The third-order valence-electron chi connectivity index (χ3n) is 4.07. The van der Waals surface area contributed by atoms with Crippen LogP contribution in [0, 0.1) is 13.8 Å². The van der Waals surface area contributed by atoms with Crippen molar-refractivity contribution in [1.82, 2.24) is 15.0 Å². The second-order valence-corrected chi connectivity index (χ2v) is 6.91. The number of nitrogens with zero attached hydrogens (tertiary/aromatic N) is 3. The molecule has 0 fully saturated rings. The summed E-state index contributed by atoms with van der Waals surface area (Å²) in [5.41, 5.74) is 5.98. The van der Waals surface area contributed by atoms with Gasteiger partial charge in [-0.25, -0.2) is 9.97 Å². The van der Waals surface area contributed by atoms with E-state index < -0.39 is 0 Å². The van der Waals surface area contributed by atoms with Crippen LogP contribution in [0.1, 0.15) is 21.6 Å². The van der Waals surface area contributed by atoms with Crippen molar-refractivity contribution in [2.24, 2.45) is 0 Å². The SMILES string of the molecule is Cc1ccc(C)c(-c2csc(NC(=O)c3cnc4ccccc4n3)n2)c1. The standard InChI is InChI=1S/C20H16N4OS/c1-12-7-8-13(2)14(9-12)18-11-26-20(23-18)24-19(25)17-10-21-15-5-3-4-6-16(15)22-17/h3-11H,1-2H3,(H,23,24,25). The number of amides is 1. The fourth-order valence-electron chi connectivity index (χ4n) is 2.69. The zero-order valence-electron chi connectivity index (χ0n) is 14.4. The Kier molecular flexibility index (Phi) is 4.18. The highest BCUT2D eigenvalue weighted by molar-refractivity contribution is 7.14. The van der Waals surface area contributed by atoms with Crippen molar-refractivity contribution in [3.63, 3.8) is 0 Å². The van der Waals surface area contributed by atoms with Gasteiger partial charge in [-0.1, -0.05) is 29.8 Å². The smallest absolute Gasteiger partial charge is 0.277 e. The highest BCUT2D eigenvalue weighted by atomic mass is 32.1. The van der Waals surface area contributed by atoms with Crippen LogP contribution in [-0.4, -0.2) is 20.9 Å². The molecule has 2 heterocycles. The van der Waals surface area contributed by atoms with E-state index in [4.69, 9.17) is 0 Å². The molecule has 2 aromatic carbocycles. The predicted octanol–water partition coefficient (Wildman–Crippen LogP) is 4.62. The van der Waals surface area contributed by atoms with E-state index in [0.717, 1.165) is 22.3 Å². The lowest BCUT2D eigenvalue weighted by atomic mass is 10.0. The molecule has 0 aliphatic heterocycles. The number of carbonyl (C=O) groups is 1. The monoisotopic (exact) mass is 360 g/mol. The van der Waals surface area contributed by atoms with Gasteiger partial charge in [-0.05, 0) is 37.6 Å². The molecule has 0 aliphatic rings. The van der Waals surface area contributed by atoms with Gasteiger partial charge in [0.2, 0.25) is 0 Å². The second kappa shape index (κ2) is 6.65. The van der Waals surface area contributed by atoms with E-state index in [1.807, 2.05) is 29.6 Å². The molecule has 2 aromatic heterocycles. The Morgan fingerprint density at radius 3 is 2.69 bits per heavy atom. The Hall–Kier alpha value is -3.12. The first-order valence-corrected chi connectivity index (χ1v) is 9.04. The van der Waals surface area contributed by atoms with E-state index in [2.05, 4.69) is 52.3 Å². The Bertz CT molecular complexity index is 1120. The summed E-state index contributed by atoms with van der Waals surface area (Å²) in [5, 5.41) is 5.30. The molecule has 4 aromatic rings. The minimum atomic E-state index is -0.315. The molecule has 0 radical (unpaired) electrons. The van der Waals surface area contributed by atoms with Gasteiger partial charge in [0.1, 0.15) is 5.69 Å². The van der Waals surface area contributed by atoms with E-state index in [1.165, 1.54) is 23.1 Å². The van der Waals surface area contributed by atoms with Crippen LogP contribution in [0.25, 0.3) is 22.3 Å². The maximum Gasteiger partial charge on any atom is 0.277 e. The molecule has 6 heteroatoms. The van der Waals surface area contributed by atoms with E-state index in [9.17, 15) is 4.79 Å². The van der Waals surface area contributed by atoms with Crippen LogP contribution in [0.2, 0.25) is 0 Å². The Labute approximate surface area is 154 Å². The van der Waals surface area contributed by atoms with E-state index in [-0.39, 0.29) is 11.6 Å². The van der Waals surface area contributed by atoms with Gasteiger partial charge in [0.05, 0.1) is 22.9 Å². The third-order valence-corrected chi connectivity index (χ3v) is 4.83. The average Bonchev–Trinajstić information content (AvgIpc) is 3.11. The lowest BCUT2D eigenvalue weighted by Gasteiger charge is -2.04. The lowest BCUT2D eigenvalue weighted by Crippen LogP contribution is -2.14. The van der Waals surface area contributed by atoms with E-state index >= 15 is 0 Å². The molecule has 0 saturated carbocycles. The molecule has 0 spiro atoms. The number of nitrogens with one attached hydrogen (secondary N) is 1. The van der Waals surface area contributed by atoms with Gasteiger partial charge in [-0.15, -0.1) is 11.3 Å². The number of thiazole rings is 1. The molecule has 4 rings (SSSR count). The lowest BCUT2D eigenvalue weighted by molar-refractivity contribution is 0.102. The zero-order chi connectivity index (χ0) is 18.1. The van der Waals surface area contributed by atoms with Crippen molar-refractivity contribution < 1.29 is 4.79 Å². The minimum Gasteiger partial charge on any atom is -0.296 e. The average molecular weight is 360 g/mol. The van der Waals surface area contributed by atoms with Crippen LogP contribution < -0.4 is 5.32 Å². The normalized spacial score (nSPS) is 10.8. The molecule has 5 nitrogen and oxygen atoms in total. The molecule has 1 amide bonds. The number of rotatable bonds is 3. The predicted molar refractivity (Wildman–Crippen MR) is 105 cm³/mol. The van der Waals surface area contributed by atoms with Crippen molar-refractivity contribution in [3.05, 3.63) is 70.9 Å². The van der Waals surface area contributed by atoms with Crippen molar-refractivity contribution in [3.8, 4) is 11.3 Å². The first-order valence-electron chi connectivity index (χ1n) is 8.16. The van der Waals surface area contributed by atoms with Gasteiger partial charge in [-0.2, -0.15) is 0 Å². The Morgan fingerprint density at radius 2 is 1.85 bits per heavy atom. The summed E-state index contributed by atoms with van der Waals surface area (Å²) in [7, 11) is 0. The molecule has 0 aliphatic carbocycles. The van der Waals surface area contributed by atoms with Gasteiger partial charge >= 0.3 is 0 Å². The largest absolute Gasteiger partial charge is 0.296 e. The number of anilines is 1. The fourth-order valence-corrected chi connectivity index (χ4v) is 3.40. The highest BCUT2D eigenvalue weighted by Crippen LogP contribution is 2.28. The van der Waals surface area contributed by atoms with Gasteiger partial charge in [-0.3, -0.25) is 15.1 Å². The van der Waals surface area contributed by atoms with Crippen molar-refractivity contribution in [1.29, 1.82) is 0 Å². The zero-order valence-corrected chi connectivity index (χ0v) is 15.2. The number of benzene rings is 2. The maximum absolute atomic E-state index is 12.5. The van der Waals surface area contributed by atoms with E-state index in [0.29, 0.717) is 10.6 Å². The highest BCUT2D eigenvalue weighted by Gasteiger charge is 2.13. The summed E-state index contributed by atoms with van der Waals surface area (Å²) in [4.78, 5) is 25.7. The molecule has 1 N–H and O–H groups in total. The summed E-state index contributed by atoms with van der Waals surface area (Å²) in [6, 6.07) is 13.7. The minimum absolute atomic E-state index is 0.271. The number of para-hydroxylation sites is 2. The van der Waals surface area contributed by atoms with Crippen LogP contribution in [0.5, 0.6) is 0 Å². The van der Waals surface area contributed by atoms with Gasteiger partial charge in [0.15, 0.2) is 5.13 Å². The molecule has 128 valence electrons. The van der Waals surface area contributed by atoms with Crippen LogP contribution in [0.15, 0.2) is 54.0 Å². The number of fused-ring (bicyclic) bond motifs is 1. The summed E-state index contributed by atoms with van der Waals surface area (Å²) < 4.78 is 0. The fraction of sp³-hybridized carbons (Fsp3) is 0.100. The Morgan fingerprint density at radius 1 is 1.04 bits per heavy atom. The van der Waals surface area contributed by atoms with Gasteiger partial charge in [0.25, 0.3) is 5.91 Å². The molecular weight excluding hydrogens is 344 g/mol. The first-order chi connectivity index (χ1) is 12.6. The molecule has 26 heavy (non-hydrogen) atoms. The summed E-state index contributed by atoms with van der Waals surface area (Å²) in [6.45, 7) is 4.10. The van der Waals surface area contributed by atoms with Crippen LogP contribution in [0.3, 0.4) is 0 Å². The van der Waals surface area contributed by atoms with Crippen LogP contribution >= 0.6 is 11.3 Å². The van der Waals surface area contributed by atoms with Crippen molar-refractivity contribution in [2.75, 3.05) is 5.32 Å². The van der Waals surface area contributed by atoms with Crippen LogP contribution in [-0.2, 0) is 0 Å². The number of hydrogen-bond acceptors (Lipinski definition) is 5. The first kappa shape index (κ1) is 16.4. The molecule has 0 saturated heterocycles. The number of hydrogen-bond donors (Lipinski definition) is 1. The van der Waals surface area contributed by atoms with E-state index in [1.54, 1.807) is 0 Å². The molecule has 0 unspecified atom stereocenters. The van der Waals surface area contributed by atoms with Gasteiger partial charge < -0.3 is 0 Å². The molecule has 0 bridgehead atoms. The second-order valence-electron chi connectivity index (χ2n) is 6.05. The molecule has 0 atom stereocenters. The van der Waals surface area contributed by atoms with Gasteiger partial charge in [0, 0.05) is 10.9 Å². The number of aromatic nitrogens is 3. The topological polar surface area (TPSA) is 67.8 Å². The summed E-state index contributed by atoms with van der Waals surface area (Å²) in [5.74, 6) is -0.315. The van der Waals surface area contributed by atoms with Crippen molar-refractivity contribution >= 4 is 33.4 Å². The summed E-state index contributed by atoms with van der Waals surface area (Å²) in [6.07, 6.45) is 1.48. The maximum atomic E-state index is 12.5. The number of carbonyl (C=O) groups excluding carboxylic acids is 1. The quantitative estimate of drug-likeness (QED) is 0.579. The third kappa shape index (κ3) is 3.19. The number of aryl methyl sites for hydroxylation is 2. The van der Waals surface area contributed by atoms with Crippen molar-refractivity contribution in [2.45, 2.75) is 13.8 Å².